The Balaban J connectivity index is 1.22. The Bertz CT molecular complexity index is 1590. The van der Waals surface area contributed by atoms with E-state index in [1.54, 1.807) is 0 Å². The van der Waals surface area contributed by atoms with Crippen molar-refractivity contribution in [3.63, 3.8) is 0 Å². The largest absolute Gasteiger partial charge is 0.342 e. The maximum Gasteiger partial charge on any atom is 0.225 e. The summed E-state index contributed by atoms with van der Waals surface area (Å²) in [6.07, 6.45) is 5.04. The van der Waals surface area contributed by atoms with E-state index in [4.69, 9.17) is 4.98 Å². The molecule has 0 bridgehead atoms. The highest BCUT2D eigenvalue weighted by molar-refractivity contribution is 5.86. The minimum atomic E-state index is 0.295. The van der Waals surface area contributed by atoms with Gasteiger partial charge in [-0.1, -0.05) is 48.5 Å². The van der Waals surface area contributed by atoms with Crippen LogP contribution in [0.4, 0.5) is 0 Å². The molecule has 3 heterocycles. The lowest BCUT2D eigenvalue weighted by Crippen LogP contribution is -2.30. The zero-order valence-corrected chi connectivity index (χ0v) is 20.4. The molecule has 2 fully saturated rings. The monoisotopic (exact) mass is 475 g/mol. The summed E-state index contributed by atoms with van der Waals surface area (Å²) in [7, 11) is 0. The van der Waals surface area contributed by atoms with E-state index in [0.29, 0.717) is 17.7 Å². The first-order valence-electron chi connectivity index (χ1n) is 12.9. The number of benzene rings is 3. The Hall–Kier alpha value is -3.93. The van der Waals surface area contributed by atoms with Crippen LogP contribution in [0.25, 0.3) is 44.5 Å². The first-order chi connectivity index (χ1) is 17.6. The highest BCUT2D eigenvalue weighted by Gasteiger charge is 2.36. The van der Waals surface area contributed by atoms with E-state index in [0.717, 1.165) is 72.3 Å². The van der Waals surface area contributed by atoms with E-state index >= 15 is 0 Å². The molecule has 2 aromatic heterocycles. The molecule has 36 heavy (non-hydrogen) atoms. The van der Waals surface area contributed by atoms with Crippen molar-refractivity contribution in [2.24, 2.45) is 11.8 Å². The number of fused-ring (bicyclic) bond motifs is 2. The van der Waals surface area contributed by atoms with Gasteiger partial charge in [0, 0.05) is 36.5 Å². The molecule has 1 N–H and O–H groups in total. The number of aromatic nitrogens is 4. The number of aromatic amines is 1. The second kappa shape index (κ2) is 8.33. The van der Waals surface area contributed by atoms with Crippen LogP contribution in [-0.4, -0.2) is 43.6 Å². The molecule has 0 spiro atoms. The molecule has 6 nitrogen and oxygen atoms in total. The van der Waals surface area contributed by atoms with Gasteiger partial charge in [0.2, 0.25) is 5.91 Å². The van der Waals surface area contributed by atoms with Crippen LogP contribution in [0, 0.1) is 18.8 Å². The molecule has 3 aromatic carbocycles. The molecule has 1 saturated carbocycles. The Morgan fingerprint density at radius 1 is 1.00 bits per heavy atom. The van der Waals surface area contributed by atoms with Crippen molar-refractivity contribution < 1.29 is 4.79 Å². The molecule has 1 saturated heterocycles. The van der Waals surface area contributed by atoms with Gasteiger partial charge in [-0.05, 0) is 60.9 Å². The number of rotatable bonds is 5. The number of aryl methyl sites for hydroxylation is 1. The zero-order valence-electron chi connectivity index (χ0n) is 20.4. The molecular formula is C30H29N5O. The van der Waals surface area contributed by atoms with E-state index in [9.17, 15) is 4.79 Å². The fraction of sp³-hybridized carbons (Fsp3) is 0.300. The van der Waals surface area contributed by atoms with Gasteiger partial charge in [-0.3, -0.25) is 9.89 Å². The second-order valence-corrected chi connectivity index (χ2v) is 10.5. The summed E-state index contributed by atoms with van der Waals surface area (Å²) >= 11 is 0. The number of para-hydroxylation sites is 1. The number of carbonyl (C=O) groups excluding carboxylic acids is 1. The topological polar surface area (TPSA) is 66.8 Å². The van der Waals surface area contributed by atoms with Gasteiger partial charge in [-0.2, -0.15) is 5.10 Å². The van der Waals surface area contributed by atoms with E-state index in [2.05, 4.69) is 87.3 Å². The highest BCUT2D eigenvalue weighted by atomic mass is 16.2. The van der Waals surface area contributed by atoms with Crippen LogP contribution in [-0.2, 0) is 11.3 Å². The summed E-state index contributed by atoms with van der Waals surface area (Å²) in [5.41, 5.74) is 7.95. The number of imidazole rings is 1. The molecule has 1 aliphatic carbocycles. The SMILES string of the molecule is Cc1cccc2nc(-c3ccc(-c4ccc5cn[nH]c5c4)cc3)n(C[C@H]3CCN(C(=O)C4CC4)C3)c12. The number of carbonyl (C=O) groups is 1. The van der Waals surface area contributed by atoms with Crippen molar-refractivity contribution in [3.8, 4) is 22.5 Å². The summed E-state index contributed by atoms with van der Waals surface area (Å²) in [6, 6.07) is 21.4. The smallest absolute Gasteiger partial charge is 0.225 e. The molecule has 0 unspecified atom stereocenters. The lowest BCUT2D eigenvalue weighted by molar-refractivity contribution is -0.131. The van der Waals surface area contributed by atoms with Gasteiger partial charge in [0.1, 0.15) is 5.82 Å². The predicted molar refractivity (Wildman–Crippen MR) is 142 cm³/mol. The molecule has 2 aliphatic rings. The van der Waals surface area contributed by atoms with Crippen molar-refractivity contribution in [2.75, 3.05) is 13.1 Å². The standard InChI is InChI=1S/C30H29N5O/c1-19-3-2-4-26-28(19)35(18-20-13-14-34(17-20)30(36)23-9-10-23)29(32-26)22-7-5-21(6-8-22)24-11-12-25-16-31-33-27(25)15-24/h2-8,11-12,15-16,20,23H,9-10,13-14,17-18H2,1H3,(H,31,33)/t20-/m0/s1. The Morgan fingerprint density at radius 2 is 1.81 bits per heavy atom. The third-order valence-electron chi connectivity index (χ3n) is 7.85. The third-order valence-corrected chi connectivity index (χ3v) is 7.85. The quantitative estimate of drug-likeness (QED) is 0.349. The minimum absolute atomic E-state index is 0.295. The van der Waals surface area contributed by atoms with Crippen molar-refractivity contribution in [1.82, 2.24) is 24.6 Å². The number of hydrogen-bond donors (Lipinski definition) is 1. The maximum absolute atomic E-state index is 12.6. The average molecular weight is 476 g/mol. The summed E-state index contributed by atoms with van der Waals surface area (Å²) in [5.74, 6) is 2.11. The number of nitrogens with zero attached hydrogens (tertiary/aromatic N) is 4. The molecule has 5 aromatic rings. The first-order valence-corrected chi connectivity index (χ1v) is 12.9. The van der Waals surface area contributed by atoms with Gasteiger partial charge in [0.15, 0.2) is 0 Å². The van der Waals surface area contributed by atoms with Crippen molar-refractivity contribution in [2.45, 2.75) is 32.7 Å². The summed E-state index contributed by atoms with van der Waals surface area (Å²) in [4.78, 5) is 19.8. The lowest BCUT2D eigenvalue weighted by Gasteiger charge is -2.18. The number of hydrogen-bond acceptors (Lipinski definition) is 3. The second-order valence-electron chi connectivity index (χ2n) is 10.5. The van der Waals surface area contributed by atoms with Crippen LogP contribution >= 0.6 is 0 Å². The minimum Gasteiger partial charge on any atom is -0.342 e. The summed E-state index contributed by atoms with van der Waals surface area (Å²) < 4.78 is 2.39. The Kier molecular flexibility index (Phi) is 4.94. The summed E-state index contributed by atoms with van der Waals surface area (Å²) in [5, 5.41) is 8.31. The zero-order chi connectivity index (χ0) is 24.2. The van der Waals surface area contributed by atoms with Gasteiger partial charge < -0.3 is 9.47 Å². The van der Waals surface area contributed by atoms with Crippen molar-refractivity contribution in [3.05, 3.63) is 72.4 Å². The van der Waals surface area contributed by atoms with Gasteiger partial charge >= 0.3 is 0 Å². The molecule has 7 rings (SSSR count). The maximum atomic E-state index is 12.6. The number of nitrogens with one attached hydrogen (secondary N) is 1. The molecule has 1 amide bonds. The van der Waals surface area contributed by atoms with Crippen molar-refractivity contribution in [1.29, 1.82) is 0 Å². The van der Waals surface area contributed by atoms with Gasteiger partial charge in [0.05, 0.1) is 22.7 Å². The molecular weight excluding hydrogens is 446 g/mol. The van der Waals surface area contributed by atoms with Gasteiger partial charge in [0.25, 0.3) is 0 Å². The normalized spacial score (nSPS) is 17.9. The molecule has 1 aliphatic heterocycles. The molecule has 1 atom stereocenters. The Morgan fingerprint density at radius 3 is 2.64 bits per heavy atom. The molecule has 180 valence electrons. The molecule has 6 heteroatoms. The van der Waals surface area contributed by atoms with Crippen LogP contribution < -0.4 is 0 Å². The number of amides is 1. The Labute approximate surface area is 210 Å². The van der Waals surface area contributed by atoms with Gasteiger partial charge in [-0.15, -0.1) is 0 Å². The number of H-pyrrole nitrogens is 1. The highest BCUT2D eigenvalue weighted by Crippen LogP contribution is 2.35. The van der Waals surface area contributed by atoms with Crippen LogP contribution in [0.1, 0.15) is 24.8 Å². The van der Waals surface area contributed by atoms with E-state index < -0.39 is 0 Å². The van der Waals surface area contributed by atoms with Gasteiger partial charge in [-0.25, -0.2) is 4.98 Å². The fourth-order valence-corrected chi connectivity index (χ4v) is 5.72. The van der Waals surface area contributed by atoms with Crippen molar-refractivity contribution >= 4 is 27.8 Å². The number of likely N-dealkylation sites (tertiary alicyclic amines) is 1. The average Bonchev–Trinajstić information content (AvgIpc) is 3.29. The van der Waals surface area contributed by atoms with Crippen LogP contribution in [0.2, 0.25) is 0 Å². The fourth-order valence-electron chi connectivity index (χ4n) is 5.72. The lowest BCUT2D eigenvalue weighted by atomic mass is 10.0. The predicted octanol–water partition coefficient (Wildman–Crippen LogP) is 5.81. The first kappa shape index (κ1) is 21.4. The summed E-state index contributed by atoms with van der Waals surface area (Å²) in [6.45, 7) is 4.78. The van der Waals surface area contributed by atoms with Crippen LogP contribution in [0.5, 0.6) is 0 Å². The van der Waals surface area contributed by atoms with E-state index in [1.165, 1.54) is 16.6 Å². The van der Waals surface area contributed by atoms with Crippen LogP contribution in [0.15, 0.2) is 66.9 Å². The van der Waals surface area contributed by atoms with E-state index in [1.807, 2.05) is 6.20 Å². The van der Waals surface area contributed by atoms with E-state index in [-0.39, 0.29) is 0 Å². The molecule has 0 radical (unpaired) electrons. The third kappa shape index (κ3) is 3.68. The van der Waals surface area contributed by atoms with Crippen LogP contribution in [0.3, 0.4) is 0 Å².